The number of carbonyl (C=O) groups is 1. The SMILES string of the molecule is O=Cc1cccc(F)c1-c1c(F)cccc1Br. The van der Waals surface area contributed by atoms with E-state index in [2.05, 4.69) is 15.9 Å². The molecule has 0 atom stereocenters. The summed E-state index contributed by atoms with van der Waals surface area (Å²) in [4.78, 5) is 10.9. The van der Waals surface area contributed by atoms with Crippen LogP contribution in [-0.2, 0) is 0 Å². The van der Waals surface area contributed by atoms with Gasteiger partial charge in [0.1, 0.15) is 11.6 Å². The average Bonchev–Trinajstić information content (AvgIpc) is 2.30. The van der Waals surface area contributed by atoms with Crippen molar-refractivity contribution in [1.82, 2.24) is 0 Å². The third-order valence-corrected chi connectivity index (χ3v) is 3.05. The average molecular weight is 297 g/mol. The molecule has 2 aromatic carbocycles. The molecule has 17 heavy (non-hydrogen) atoms. The minimum atomic E-state index is -0.625. The molecule has 0 heterocycles. The summed E-state index contributed by atoms with van der Waals surface area (Å²) in [5.41, 5.74) is 0.163. The van der Waals surface area contributed by atoms with Crippen molar-refractivity contribution in [1.29, 1.82) is 0 Å². The number of rotatable bonds is 2. The van der Waals surface area contributed by atoms with E-state index in [4.69, 9.17) is 0 Å². The second kappa shape index (κ2) is 4.75. The zero-order valence-corrected chi connectivity index (χ0v) is 10.2. The van der Waals surface area contributed by atoms with Crippen LogP contribution in [0.25, 0.3) is 11.1 Å². The van der Waals surface area contributed by atoms with Crippen LogP contribution in [0, 0.1) is 11.6 Å². The summed E-state index contributed by atoms with van der Waals surface area (Å²) in [6.07, 6.45) is 0.511. The van der Waals surface area contributed by atoms with E-state index in [1.54, 1.807) is 6.07 Å². The standard InChI is InChI=1S/C13H7BrF2O/c14-9-4-2-6-11(16)13(9)12-8(7-17)3-1-5-10(12)15/h1-7H. The Kier molecular flexibility index (Phi) is 3.33. The van der Waals surface area contributed by atoms with E-state index < -0.39 is 11.6 Å². The van der Waals surface area contributed by atoms with E-state index in [1.807, 2.05) is 0 Å². The predicted molar refractivity (Wildman–Crippen MR) is 64.9 cm³/mol. The summed E-state index contributed by atoms with van der Waals surface area (Å²) < 4.78 is 27.9. The van der Waals surface area contributed by atoms with E-state index in [-0.39, 0.29) is 16.7 Å². The van der Waals surface area contributed by atoms with E-state index >= 15 is 0 Å². The molecule has 0 amide bonds. The molecule has 0 aliphatic heterocycles. The third kappa shape index (κ3) is 2.13. The van der Waals surface area contributed by atoms with Crippen LogP contribution in [0.5, 0.6) is 0 Å². The highest BCUT2D eigenvalue weighted by molar-refractivity contribution is 9.10. The quantitative estimate of drug-likeness (QED) is 0.759. The number of hydrogen-bond acceptors (Lipinski definition) is 1. The van der Waals surface area contributed by atoms with Gasteiger partial charge in [0.2, 0.25) is 0 Å². The molecule has 0 saturated heterocycles. The lowest BCUT2D eigenvalue weighted by Gasteiger charge is -2.09. The van der Waals surface area contributed by atoms with Crippen molar-refractivity contribution in [2.24, 2.45) is 0 Å². The summed E-state index contributed by atoms with van der Waals surface area (Å²) >= 11 is 3.16. The van der Waals surface area contributed by atoms with Gasteiger partial charge in [0, 0.05) is 21.2 Å². The second-order valence-corrected chi connectivity index (χ2v) is 4.27. The minimum absolute atomic E-state index is 0.0209. The van der Waals surface area contributed by atoms with Gasteiger partial charge >= 0.3 is 0 Å². The molecule has 0 unspecified atom stereocenters. The molecule has 1 nitrogen and oxygen atoms in total. The monoisotopic (exact) mass is 296 g/mol. The molecule has 0 aromatic heterocycles. The van der Waals surface area contributed by atoms with E-state index in [0.29, 0.717) is 10.8 Å². The van der Waals surface area contributed by atoms with Crippen molar-refractivity contribution in [3.05, 3.63) is 58.1 Å². The molecule has 0 aliphatic rings. The van der Waals surface area contributed by atoms with Gasteiger partial charge in [-0.05, 0) is 18.2 Å². The Labute approximate surface area is 105 Å². The minimum Gasteiger partial charge on any atom is -0.298 e. The largest absolute Gasteiger partial charge is 0.298 e. The Morgan fingerprint density at radius 1 is 0.941 bits per heavy atom. The Bertz CT molecular complexity index is 561. The summed E-state index contributed by atoms with van der Waals surface area (Å²) in [6, 6.07) is 8.38. The van der Waals surface area contributed by atoms with Crippen molar-refractivity contribution in [2.45, 2.75) is 0 Å². The number of aldehydes is 1. The van der Waals surface area contributed by atoms with E-state index in [1.165, 1.54) is 30.3 Å². The lowest BCUT2D eigenvalue weighted by molar-refractivity contribution is 0.112. The van der Waals surface area contributed by atoms with Gasteiger partial charge < -0.3 is 0 Å². The molecule has 0 saturated carbocycles. The zero-order chi connectivity index (χ0) is 12.4. The first-order valence-electron chi connectivity index (χ1n) is 4.83. The number of carbonyl (C=O) groups excluding carboxylic acids is 1. The topological polar surface area (TPSA) is 17.1 Å². The first-order valence-corrected chi connectivity index (χ1v) is 5.62. The molecule has 0 bridgehead atoms. The van der Waals surface area contributed by atoms with Gasteiger partial charge in [-0.25, -0.2) is 8.78 Å². The van der Waals surface area contributed by atoms with Crippen LogP contribution in [0.1, 0.15) is 10.4 Å². The van der Waals surface area contributed by atoms with E-state index in [0.717, 1.165) is 0 Å². The lowest BCUT2D eigenvalue weighted by atomic mass is 9.99. The number of hydrogen-bond donors (Lipinski definition) is 0. The van der Waals surface area contributed by atoms with Crippen molar-refractivity contribution >= 4 is 22.2 Å². The Balaban J connectivity index is 2.81. The van der Waals surface area contributed by atoms with Gasteiger partial charge in [-0.1, -0.05) is 34.1 Å². The Morgan fingerprint density at radius 3 is 2.12 bits per heavy atom. The smallest absolute Gasteiger partial charge is 0.150 e. The normalized spacial score (nSPS) is 10.3. The fourth-order valence-electron chi connectivity index (χ4n) is 1.64. The van der Waals surface area contributed by atoms with E-state index in [9.17, 15) is 13.6 Å². The summed E-state index contributed by atoms with van der Waals surface area (Å²) in [5, 5.41) is 0. The van der Waals surface area contributed by atoms with Crippen LogP contribution in [-0.4, -0.2) is 6.29 Å². The van der Waals surface area contributed by atoms with Crippen LogP contribution >= 0.6 is 15.9 Å². The van der Waals surface area contributed by atoms with Gasteiger partial charge in [-0.2, -0.15) is 0 Å². The molecule has 0 spiro atoms. The van der Waals surface area contributed by atoms with Crippen LogP contribution in [0.15, 0.2) is 40.9 Å². The molecular weight excluding hydrogens is 290 g/mol. The summed E-state index contributed by atoms with van der Waals surface area (Å²) in [6.45, 7) is 0. The highest BCUT2D eigenvalue weighted by Gasteiger charge is 2.16. The van der Waals surface area contributed by atoms with Crippen LogP contribution in [0.3, 0.4) is 0 Å². The fourth-order valence-corrected chi connectivity index (χ4v) is 2.18. The maximum absolute atomic E-state index is 13.7. The van der Waals surface area contributed by atoms with Crippen molar-refractivity contribution in [3.63, 3.8) is 0 Å². The van der Waals surface area contributed by atoms with Gasteiger partial charge in [0.05, 0.1) is 0 Å². The summed E-state index contributed by atoms with van der Waals surface area (Å²) in [5.74, 6) is -1.20. The number of benzene rings is 2. The molecule has 4 heteroatoms. The Morgan fingerprint density at radius 2 is 1.53 bits per heavy atom. The van der Waals surface area contributed by atoms with Crippen LogP contribution in [0.2, 0.25) is 0 Å². The maximum atomic E-state index is 13.7. The van der Waals surface area contributed by atoms with Gasteiger partial charge in [0.25, 0.3) is 0 Å². The molecule has 0 aliphatic carbocycles. The third-order valence-electron chi connectivity index (χ3n) is 2.39. The highest BCUT2D eigenvalue weighted by Crippen LogP contribution is 2.34. The summed E-state index contributed by atoms with van der Waals surface area (Å²) in [7, 11) is 0. The van der Waals surface area contributed by atoms with Gasteiger partial charge in [-0.3, -0.25) is 4.79 Å². The molecular formula is C13H7BrF2O. The maximum Gasteiger partial charge on any atom is 0.150 e. The molecule has 2 aromatic rings. The molecule has 0 N–H and O–H groups in total. The van der Waals surface area contributed by atoms with Crippen molar-refractivity contribution < 1.29 is 13.6 Å². The van der Waals surface area contributed by atoms with Gasteiger partial charge in [-0.15, -0.1) is 0 Å². The first kappa shape index (κ1) is 11.9. The first-order chi connectivity index (χ1) is 8.15. The molecule has 86 valence electrons. The van der Waals surface area contributed by atoms with Crippen molar-refractivity contribution in [3.8, 4) is 11.1 Å². The second-order valence-electron chi connectivity index (χ2n) is 3.42. The lowest BCUT2D eigenvalue weighted by Crippen LogP contribution is -1.95. The molecule has 0 fully saturated rings. The van der Waals surface area contributed by atoms with Crippen LogP contribution < -0.4 is 0 Å². The highest BCUT2D eigenvalue weighted by atomic mass is 79.9. The Hall–Kier alpha value is -1.55. The van der Waals surface area contributed by atoms with Crippen LogP contribution in [0.4, 0.5) is 8.78 Å². The van der Waals surface area contributed by atoms with Crippen molar-refractivity contribution in [2.75, 3.05) is 0 Å². The van der Waals surface area contributed by atoms with Gasteiger partial charge in [0.15, 0.2) is 6.29 Å². The predicted octanol–water partition coefficient (Wildman–Crippen LogP) is 4.21. The number of halogens is 3. The zero-order valence-electron chi connectivity index (χ0n) is 8.58. The molecule has 2 rings (SSSR count). The fraction of sp³-hybridized carbons (Fsp3) is 0. The molecule has 0 radical (unpaired) electrons.